The number of halogens is 1. The van der Waals surface area contributed by atoms with Crippen molar-refractivity contribution in [2.45, 2.75) is 58.2 Å². The van der Waals surface area contributed by atoms with Crippen molar-refractivity contribution in [2.24, 2.45) is 12.0 Å². The van der Waals surface area contributed by atoms with E-state index in [9.17, 15) is 0 Å². The van der Waals surface area contributed by atoms with Crippen LogP contribution in [0.15, 0.2) is 29.3 Å². The molecule has 1 heterocycles. The Labute approximate surface area is 184 Å². The van der Waals surface area contributed by atoms with E-state index in [0.717, 1.165) is 28.9 Å². The Morgan fingerprint density at radius 3 is 2.71 bits per heavy atom. The first-order chi connectivity index (χ1) is 13.2. The van der Waals surface area contributed by atoms with E-state index in [1.165, 1.54) is 32.1 Å². The van der Waals surface area contributed by atoms with Crippen molar-refractivity contribution in [3.8, 4) is 5.75 Å². The van der Waals surface area contributed by atoms with Gasteiger partial charge in [-0.05, 0) is 37.5 Å². The molecule has 1 saturated carbocycles. The zero-order chi connectivity index (χ0) is 19.1. The highest BCUT2D eigenvalue weighted by atomic mass is 127. The molecule has 1 aliphatic rings. The van der Waals surface area contributed by atoms with Gasteiger partial charge in [0.25, 0.3) is 0 Å². The Hall–Kier alpha value is -1.84. The minimum Gasteiger partial charge on any atom is -0.497 e. The van der Waals surface area contributed by atoms with Crippen LogP contribution in [0.4, 0.5) is 0 Å². The fourth-order valence-electron chi connectivity index (χ4n) is 3.30. The second-order valence-corrected chi connectivity index (χ2v) is 7.07. The first-order valence-corrected chi connectivity index (χ1v) is 9.68. The lowest BCUT2D eigenvalue weighted by Gasteiger charge is -2.25. The average Bonchev–Trinajstić information content (AvgIpc) is 3.03. The molecule has 1 aromatic heterocycles. The van der Waals surface area contributed by atoms with E-state index in [2.05, 4.69) is 26.9 Å². The van der Waals surface area contributed by atoms with Crippen molar-refractivity contribution in [1.29, 1.82) is 0 Å². The van der Waals surface area contributed by atoms with Gasteiger partial charge in [-0.2, -0.15) is 0 Å². The number of rotatable bonds is 6. The number of guanidine groups is 1. The number of hydrogen-bond acceptors (Lipinski definition) is 4. The quantitative estimate of drug-likeness (QED) is 0.363. The number of aromatic nitrogens is 3. The number of aryl methyl sites for hydroxylation is 1. The monoisotopic (exact) mass is 498 g/mol. The van der Waals surface area contributed by atoms with Crippen LogP contribution in [0.25, 0.3) is 0 Å². The van der Waals surface area contributed by atoms with Gasteiger partial charge >= 0.3 is 0 Å². The lowest BCUT2D eigenvalue weighted by atomic mass is 9.96. The molecule has 7 nitrogen and oxygen atoms in total. The van der Waals surface area contributed by atoms with Crippen LogP contribution in [0, 0.1) is 6.92 Å². The number of hydrogen-bond donors (Lipinski definition) is 2. The third-order valence-electron chi connectivity index (χ3n) is 5.10. The summed E-state index contributed by atoms with van der Waals surface area (Å²) >= 11 is 0. The van der Waals surface area contributed by atoms with E-state index in [4.69, 9.17) is 9.73 Å². The van der Waals surface area contributed by atoms with Gasteiger partial charge in [-0.1, -0.05) is 31.4 Å². The summed E-state index contributed by atoms with van der Waals surface area (Å²) in [5.74, 6) is 3.48. The molecule has 0 aliphatic heterocycles. The number of ether oxygens (including phenoxy) is 1. The van der Waals surface area contributed by atoms with Crippen molar-refractivity contribution in [2.75, 3.05) is 7.11 Å². The maximum absolute atomic E-state index is 5.31. The van der Waals surface area contributed by atoms with E-state index in [1.54, 1.807) is 7.11 Å². The summed E-state index contributed by atoms with van der Waals surface area (Å²) in [6.45, 7) is 3.14. The Morgan fingerprint density at radius 1 is 1.25 bits per heavy atom. The van der Waals surface area contributed by atoms with Crippen LogP contribution in [0.3, 0.4) is 0 Å². The van der Waals surface area contributed by atoms with E-state index in [-0.39, 0.29) is 24.0 Å². The summed E-state index contributed by atoms with van der Waals surface area (Å²) < 4.78 is 7.30. The molecule has 0 saturated heterocycles. The molecule has 1 aliphatic carbocycles. The Bertz CT molecular complexity index is 770. The summed E-state index contributed by atoms with van der Waals surface area (Å²) in [5.41, 5.74) is 1.12. The average molecular weight is 498 g/mol. The summed E-state index contributed by atoms with van der Waals surface area (Å²) in [5, 5.41) is 15.4. The molecule has 0 amide bonds. The largest absolute Gasteiger partial charge is 0.497 e. The number of nitrogens with zero attached hydrogens (tertiary/aromatic N) is 4. The van der Waals surface area contributed by atoms with Gasteiger partial charge in [0.1, 0.15) is 11.6 Å². The molecule has 1 aromatic carbocycles. The molecule has 0 atom stereocenters. The standard InChI is InChI=1S/C20H30N6O.HI/c1-15-24-25-19(26(15)2)14-22-20(23-17-9-5-4-6-10-17)21-13-16-8-7-11-18(12-16)27-3;/h7-8,11-12,17H,4-6,9-10,13-14H2,1-3H3,(H2,21,22,23);1H. The topological polar surface area (TPSA) is 76.4 Å². The predicted molar refractivity (Wildman–Crippen MR) is 122 cm³/mol. The summed E-state index contributed by atoms with van der Waals surface area (Å²) in [4.78, 5) is 4.80. The fourth-order valence-corrected chi connectivity index (χ4v) is 3.30. The third-order valence-corrected chi connectivity index (χ3v) is 5.10. The van der Waals surface area contributed by atoms with Gasteiger partial charge in [-0.15, -0.1) is 34.2 Å². The van der Waals surface area contributed by atoms with Gasteiger partial charge in [0.05, 0.1) is 20.2 Å². The molecule has 0 spiro atoms. The van der Waals surface area contributed by atoms with Crippen LogP contribution in [0.5, 0.6) is 5.75 Å². The molecule has 2 aromatic rings. The first-order valence-electron chi connectivity index (χ1n) is 9.68. The van der Waals surface area contributed by atoms with Crippen LogP contribution in [0.1, 0.15) is 49.3 Å². The van der Waals surface area contributed by atoms with Crippen molar-refractivity contribution in [3.63, 3.8) is 0 Å². The minimum atomic E-state index is 0. The van der Waals surface area contributed by atoms with Crippen LogP contribution in [-0.2, 0) is 20.1 Å². The lowest BCUT2D eigenvalue weighted by Crippen LogP contribution is -2.44. The third kappa shape index (κ3) is 6.35. The van der Waals surface area contributed by atoms with E-state index < -0.39 is 0 Å². The highest BCUT2D eigenvalue weighted by Gasteiger charge is 2.15. The number of nitrogens with one attached hydrogen (secondary N) is 2. The second-order valence-electron chi connectivity index (χ2n) is 7.07. The highest BCUT2D eigenvalue weighted by molar-refractivity contribution is 14.0. The van der Waals surface area contributed by atoms with Crippen LogP contribution in [-0.4, -0.2) is 33.9 Å². The van der Waals surface area contributed by atoms with Crippen molar-refractivity contribution in [3.05, 3.63) is 41.5 Å². The molecule has 2 N–H and O–H groups in total. The Balaban J connectivity index is 0.00000280. The Morgan fingerprint density at radius 2 is 2.04 bits per heavy atom. The maximum Gasteiger partial charge on any atom is 0.192 e. The lowest BCUT2D eigenvalue weighted by molar-refractivity contribution is 0.409. The zero-order valence-corrected chi connectivity index (χ0v) is 19.3. The smallest absolute Gasteiger partial charge is 0.192 e. The van der Waals surface area contributed by atoms with Gasteiger partial charge in [0, 0.05) is 13.1 Å². The number of aliphatic imine (C=N–C) groups is 1. The van der Waals surface area contributed by atoms with Crippen LogP contribution < -0.4 is 15.4 Å². The number of benzene rings is 1. The van der Waals surface area contributed by atoms with Crippen molar-refractivity contribution in [1.82, 2.24) is 25.4 Å². The molecular weight excluding hydrogens is 467 g/mol. The van der Waals surface area contributed by atoms with Gasteiger partial charge in [-0.3, -0.25) is 0 Å². The molecule has 0 radical (unpaired) electrons. The second kappa shape index (κ2) is 11.2. The van der Waals surface area contributed by atoms with E-state index in [1.807, 2.05) is 36.7 Å². The summed E-state index contributed by atoms with van der Waals surface area (Å²) in [6.07, 6.45) is 6.29. The normalized spacial score (nSPS) is 15.0. The zero-order valence-electron chi connectivity index (χ0n) is 16.9. The molecular formula is C20H31IN6O. The molecule has 154 valence electrons. The molecule has 0 unspecified atom stereocenters. The minimum absolute atomic E-state index is 0. The number of methoxy groups -OCH3 is 1. The molecule has 0 bridgehead atoms. The van der Waals surface area contributed by atoms with Gasteiger partial charge in [0.2, 0.25) is 0 Å². The predicted octanol–water partition coefficient (Wildman–Crippen LogP) is 3.32. The van der Waals surface area contributed by atoms with Crippen LogP contribution >= 0.6 is 24.0 Å². The summed E-state index contributed by atoms with van der Waals surface area (Å²) in [6, 6.07) is 8.51. The molecule has 28 heavy (non-hydrogen) atoms. The first kappa shape index (κ1) is 22.4. The van der Waals surface area contributed by atoms with Gasteiger partial charge in [-0.25, -0.2) is 4.99 Å². The summed E-state index contributed by atoms with van der Waals surface area (Å²) in [7, 11) is 3.66. The van der Waals surface area contributed by atoms with E-state index >= 15 is 0 Å². The SMILES string of the molecule is COc1cccc(CN=C(NCc2nnc(C)n2C)NC2CCCCC2)c1.I. The highest BCUT2D eigenvalue weighted by Crippen LogP contribution is 2.17. The molecule has 3 rings (SSSR count). The molecule has 8 heteroatoms. The van der Waals surface area contributed by atoms with Crippen molar-refractivity contribution < 1.29 is 4.74 Å². The van der Waals surface area contributed by atoms with E-state index in [0.29, 0.717) is 19.1 Å². The van der Waals surface area contributed by atoms with Gasteiger partial charge in [0.15, 0.2) is 11.8 Å². The van der Waals surface area contributed by atoms with Crippen molar-refractivity contribution >= 4 is 29.9 Å². The fraction of sp³-hybridized carbons (Fsp3) is 0.550. The van der Waals surface area contributed by atoms with Gasteiger partial charge < -0.3 is 19.9 Å². The molecule has 1 fully saturated rings. The maximum atomic E-state index is 5.31. The van der Waals surface area contributed by atoms with Crippen LogP contribution in [0.2, 0.25) is 0 Å². The Kier molecular flexibility index (Phi) is 9.01.